The third-order valence-corrected chi connectivity index (χ3v) is 7.14. The Labute approximate surface area is 215 Å². The Bertz CT molecular complexity index is 1510. The number of benzene rings is 2. The molecule has 1 saturated carbocycles. The summed E-state index contributed by atoms with van der Waals surface area (Å²) in [6, 6.07) is 16.1. The van der Waals surface area contributed by atoms with Crippen molar-refractivity contribution >= 4 is 28.3 Å². The van der Waals surface area contributed by atoms with E-state index >= 15 is 0 Å². The van der Waals surface area contributed by atoms with Crippen LogP contribution in [0.25, 0.3) is 22.1 Å². The Hall–Kier alpha value is -4.04. The largest absolute Gasteiger partial charge is 0.458 e. The lowest BCUT2D eigenvalue weighted by Crippen LogP contribution is -2.35. The predicted octanol–water partition coefficient (Wildman–Crippen LogP) is 5.31. The molecule has 2 aromatic carbocycles. The highest BCUT2D eigenvalue weighted by Gasteiger charge is 2.34. The lowest BCUT2D eigenvalue weighted by molar-refractivity contribution is 0.0124. The lowest BCUT2D eigenvalue weighted by atomic mass is 9.76. The molecule has 1 fully saturated rings. The molecule has 8 nitrogen and oxygen atoms in total. The number of fused-ring (bicyclic) bond motifs is 1. The Morgan fingerprint density at radius 1 is 1.19 bits per heavy atom. The number of para-hydroxylation sites is 1. The first kappa shape index (κ1) is 24.6. The molecule has 0 saturated heterocycles. The van der Waals surface area contributed by atoms with E-state index in [1.54, 1.807) is 12.1 Å². The highest BCUT2D eigenvalue weighted by atomic mass is 16.3. The van der Waals surface area contributed by atoms with Crippen molar-refractivity contribution < 1.29 is 9.52 Å². The number of aliphatic hydroxyl groups is 1. The van der Waals surface area contributed by atoms with Crippen LogP contribution in [0.2, 0.25) is 0 Å². The summed E-state index contributed by atoms with van der Waals surface area (Å²) < 4.78 is 6.31. The van der Waals surface area contributed by atoms with E-state index in [-0.39, 0.29) is 17.2 Å². The summed E-state index contributed by atoms with van der Waals surface area (Å²) in [5.74, 6) is 0.893. The number of nitrogens with two attached hydrogens (primary N) is 1. The van der Waals surface area contributed by atoms with Gasteiger partial charge in [-0.3, -0.25) is 4.79 Å². The number of nitrogens with one attached hydrogen (secondary N) is 2. The molecule has 3 atom stereocenters. The molecule has 0 bridgehead atoms. The van der Waals surface area contributed by atoms with Crippen molar-refractivity contribution in [1.82, 2.24) is 9.97 Å². The molecule has 190 valence electrons. The molecule has 0 spiro atoms. The third kappa shape index (κ3) is 4.84. The minimum atomic E-state index is -0.820. The number of anilines is 2. The van der Waals surface area contributed by atoms with Crippen LogP contribution in [0.1, 0.15) is 56.9 Å². The van der Waals surface area contributed by atoms with Gasteiger partial charge in [0, 0.05) is 11.6 Å². The van der Waals surface area contributed by atoms with Gasteiger partial charge in [0.2, 0.25) is 5.43 Å². The zero-order valence-electron chi connectivity index (χ0n) is 21.0. The van der Waals surface area contributed by atoms with Gasteiger partial charge in [-0.1, -0.05) is 42.5 Å². The number of nitrogens with zero attached hydrogens (tertiary/aromatic N) is 2. The van der Waals surface area contributed by atoms with Gasteiger partial charge in [-0.15, -0.1) is 0 Å². The van der Waals surface area contributed by atoms with Gasteiger partial charge in [-0.2, -0.15) is 0 Å². The zero-order chi connectivity index (χ0) is 26.2. The van der Waals surface area contributed by atoms with Gasteiger partial charge in [-0.25, -0.2) is 9.97 Å². The molecule has 0 aliphatic heterocycles. The SMILES string of the molecule is CC(Nc1ncnc(N)c1C(=N)C1CCCC(C)(O)C1)c1oc2ccccc2c(=O)c1-c1ccccc1. The second-order valence-electron chi connectivity index (χ2n) is 10.1. The van der Waals surface area contributed by atoms with Crippen LogP contribution in [0.5, 0.6) is 0 Å². The molecule has 2 aromatic heterocycles. The number of aromatic nitrogens is 2. The van der Waals surface area contributed by atoms with Crippen molar-refractivity contribution in [1.29, 1.82) is 5.41 Å². The molecule has 0 radical (unpaired) electrons. The summed E-state index contributed by atoms with van der Waals surface area (Å²) in [7, 11) is 0. The van der Waals surface area contributed by atoms with Crippen molar-refractivity contribution in [2.24, 2.45) is 5.92 Å². The van der Waals surface area contributed by atoms with Crippen LogP contribution in [0, 0.1) is 11.3 Å². The smallest absolute Gasteiger partial charge is 0.200 e. The molecule has 5 rings (SSSR count). The van der Waals surface area contributed by atoms with Gasteiger partial charge in [0.1, 0.15) is 29.3 Å². The van der Waals surface area contributed by atoms with Crippen molar-refractivity contribution in [2.75, 3.05) is 11.1 Å². The zero-order valence-corrected chi connectivity index (χ0v) is 21.0. The first-order valence-corrected chi connectivity index (χ1v) is 12.5. The number of nitrogen functional groups attached to an aromatic ring is 1. The Balaban J connectivity index is 1.57. The van der Waals surface area contributed by atoms with Gasteiger partial charge < -0.3 is 26.0 Å². The summed E-state index contributed by atoms with van der Waals surface area (Å²) in [6.45, 7) is 3.70. The second-order valence-corrected chi connectivity index (χ2v) is 10.1. The van der Waals surface area contributed by atoms with Crippen molar-refractivity contribution in [3.63, 3.8) is 0 Å². The van der Waals surface area contributed by atoms with Crippen LogP contribution in [-0.2, 0) is 0 Å². The summed E-state index contributed by atoms with van der Waals surface area (Å²) in [5.41, 5.74) is 7.77. The van der Waals surface area contributed by atoms with Crippen LogP contribution in [0.4, 0.5) is 11.6 Å². The van der Waals surface area contributed by atoms with Gasteiger partial charge in [0.05, 0.1) is 28.2 Å². The highest BCUT2D eigenvalue weighted by Crippen LogP contribution is 2.37. The molecule has 1 aliphatic carbocycles. The summed E-state index contributed by atoms with van der Waals surface area (Å²) in [5, 5.41) is 23.4. The molecule has 0 amide bonds. The van der Waals surface area contributed by atoms with Crippen LogP contribution in [0.3, 0.4) is 0 Å². The number of rotatable bonds is 6. The number of hydrogen-bond donors (Lipinski definition) is 4. The van der Waals surface area contributed by atoms with E-state index in [1.165, 1.54) is 6.33 Å². The Morgan fingerprint density at radius 2 is 1.92 bits per heavy atom. The minimum absolute atomic E-state index is 0.115. The van der Waals surface area contributed by atoms with E-state index in [1.807, 2.05) is 56.3 Å². The minimum Gasteiger partial charge on any atom is -0.458 e. The van der Waals surface area contributed by atoms with Crippen molar-refractivity contribution in [2.45, 2.75) is 51.2 Å². The van der Waals surface area contributed by atoms with E-state index in [0.717, 1.165) is 18.4 Å². The van der Waals surface area contributed by atoms with Gasteiger partial charge in [0.25, 0.3) is 0 Å². The third-order valence-electron chi connectivity index (χ3n) is 7.14. The number of hydrogen-bond acceptors (Lipinski definition) is 8. The molecule has 4 aromatic rings. The average molecular weight is 498 g/mol. The fourth-order valence-electron chi connectivity index (χ4n) is 5.30. The standard InChI is InChI=1S/C29H31N5O3/c1-17(26-22(18-9-4-3-5-10-18)25(35)20-12-6-7-13-21(20)37-26)34-28-23(27(31)32-16-33-28)24(30)19-11-8-14-29(2,36)15-19/h3-7,9-10,12-13,16-17,19,30,36H,8,11,14-15H2,1-2H3,(H3,31,32,33,34). The monoisotopic (exact) mass is 497 g/mol. The molecular formula is C29H31N5O3. The normalized spacial score (nSPS) is 20.5. The summed E-state index contributed by atoms with van der Waals surface area (Å²) in [4.78, 5) is 22.2. The van der Waals surface area contributed by atoms with E-state index in [4.69, 9.17) is 15.6 Å². The molecule has 3 unspecified atom stereocenters. The fraction of sp³-hybridized carbons (Fsp3) is 0.310. The first-order valence-electron chi connectivity index (χ1n) is 12.5. The molecule has 5 N–H and O–H groups in total. The van der Waals surface area contributed by atoms with E-state index in [2.05, 4.69) is 15.3 Å². The first-order chi connectivity index (χ1) is 17.7. The van der Waals surface area contributed by atoms with Crippen LogP contribution in [0.15, 0.2) is 70.1 Å². The van der Waals surface area contributed by atoms with Gasteiger partial charge >= 0.3 is 0 Å². The summed E-state index contributed by atoms with van der Waals surface area (Å²) >= 11 is 0. The van der Waals surface area contributed by atoms with Crippen LogP contribution < -0.4 is 16.5 Å². The molecular weight excluding hydrogens is 466 g/mol. The average Bonchev–Trinajstić information content (AvgIpc) is 2.88. The second kappa shape index (κ2) is 9.78. The van der Waals surface area contributed by atoms with Crippen LogP contribution >= 0.6 is 0 Å². The topological polar surface area (TPSA) is 138 Å². The van der Waals surface area contributed by atoms with E-state index in [9.17, 15) is 9.90 Å². The Morgan fingerprint density at radius 3 is 2.68 bits per heavy atom. The van der Waals surface area contributed by atoms with Gasteiger partial charge in [0.15, 0.2) is 0 Å². The van der Waals surface area contributed by atoms with E-state index in [0.29, 0.717) is 52.2 Å². The lowest BCUT2D eigenvalue weighted by Gasteiger charge is -2.34. The quantitative estimate of drug-likeness (QED) is 0.265. The maximum absolute atomic E-state index is 13.6. The predicted molar refractivity (Wildman–Crippen MR) is 146 cm³/mol. The Kier molecular flexibility index (Phi) is 6.52. The van der Waals surface area contributed by atoms with Gasteiger partial charge in [-0.05, 0) is 57.2 Å². The summed E-state index contributed by atoms with van der Waals surface area (Å²) in [6.07, 6.45) is 4.16. The maximum atomic E-state index is 13.6. The molecule has 37 heavy (non-hydrogen) atoms. The van der Waals surface area contributed by atoms with Crippen LogP contribution in [-0.4, -0.2) is 26.4 Å². The highest BCUT2D eigenvalue weighted by molar-refractivity contribution is 6.07. The molecule has 8 heteroatoms. The van der Waals surface area contributed by atoms with Crippen molar-refractivity contribution in [3.8, 4) is 11.1 Å². The molecule has 2 heterocycles. The van der Waals surface area contributed by atoms with E-state index < -0.39 is 11.6 Å². The fourth-order valence-corrected chi connectivity index (χ4v) is 5.30. The van der Waals surface area contributed by atoms with Crippen molar-refractivity contribution in [3.05, 3.63) is 82.5 Å². The maximum Gasteiger partial charge on any atom is 0.200 e. The molecule has 1 aliphatic rings.